The van der Waals surface area contributed by atoms with Crippen molar-refractivity contribution in [1.29, 1.82) is 0 Å². The summed E-state index contributed by atoms with van der Waals surface area (Å²) < 4.78 is 0. The van der Waals surface area contributed by atoms with E-state index in [0.717, 1.165) is 17.5 Å². The molecule has 0 heterocycles. The van der Waals surface area contributed by atoms with Gasteiger partial charge < -0.3 is 10.6 Å². The number of halogens is 1. The van der Waals surface area contributed by atoms with Gasteiger partial charge in [0.05, 0.1) is 22.5 Å². The SMILES string of the molecule is CCC(C)NC(=O)C1CC1C(=O)Nc1c(C)cc(C)cc1Cl. The van der Waals surface area contributed by atoms with Gasteiger partial charge in [-0.25, -0.2) is 0 Å². The Morgan fingerprint density at radius 3 is 2.50 bits per heavy atom. The van der Waals surface area contributed by atoms with Crippen LogP contribution in [0.25, 0.3) is 0 Å². The molecule has 0 saturated heterocycles. The van der Waals surface area contributed by atoms with Crippen molar-refractivity contribution < 1.29 is 9.59 Å². The molecule has 0 radical (unpaired) electrons. The molecule has 120 valence electrons. The van der Waals surface area contributed by atoms with Crippen LogP contribution in [0.15, 0.2) is 12.1 Å². The van der Waals surface area contributed by atoms with E-state index in [1.54, 1.807) is 0 Å². The molecule has 0 aromatic heterocycles. The number of hydrogen-bond acceptors (Lipinski definition) is 2. The van der Waals surface area contributed by atoms with Crippen LogP contribution in [0.5, 0.6) is 0 Å². The third-order valence-corrected chi connectivity index (χ3v) is 4.44. The number of aryl methyl sites for hydroxylation is 2. The highest BCUT2D eigenvalue weighted by molar-refractivity contribution is 6.34. The lowest BCUT2D eigenvalue weighted by atomic mass is 10.1. The van der Waals surface area contributed by atoms with Gasteiger partial charge in [0.2, 0.25) is 11.8 Å². The maximum Gasteiger partial charge on any atom is 0.228 e. The average Bonchev–Trinajstić information content (AvgIpc) is 3.22. The fourth-order valence-electron chi connectivity index (χ4n) is 2.52. The topological polar surface area (TPSA) is 58.2 Å². The minimum Gasteiger partial charge on any atom is -0.353 e. The van der Waals surface area contributed by atoms with Crippen LogP contribution in [-0.4, -0.2) is 17.9 Å². The van der Waals surface area contributed by atoms with E-state index < -0.39 is 0 Å². The molecule has 0 spiro atoms. The maximum absolute atomic E-state index is 12.3. The zero-order valence-electron chi connectivity index (χ0n) is 13.5. The summed E-state index contributed by atoms with van der Waals surface area (Å²) in [6.45, 7) is 7.85. The van der Waals surface area contributed by atoms with E-state index >= 15 is 0 Å². The molecule has 2 amide bonds. The predicted molar refractivity (Wildman–Crippen MR) is 89.0 cm³/mol. The fraction of sp³-hybridized carbons (Fsp3) is 0.529. The first-order valence-electron chi connectivity index (χ1n) is 7.71. The van der Waals surface area contributed by atoms with Gasteiger partial charge in [-0.15, -0.1) is 0 Å². The molecule has 2 N–H and O–H groups in total. The third kappa shape index (κ3) is 3.80. The van der Waals surface area contributed by atoms with Gasteiger partial charge in [-0.05, 0) is 50.8 Å². The summed E-state index contributed by atoms with van der Waals surface area (Å²) in [5.74, 6) is -0.612. The summed E-state index contributed by atoms with van der Waals surface area (Å²) in [7, 11) is 0. The molecule has 4 nitrogen and oxygen atoms in total. The predicted octanol–water partition coefficient (Wildman–Crippen LogP) is 3.45. The molecule has 3 unspecified atom stereocenters. The van der Waals surface area contributed by atoms with Gasteiger partial charge in [-0.2, -0.15) is 0 Å². The Bertz CT molecular complexity index is 577. The van der Waals surface area contributed by atoms with Crippen LogP contribution in [0.1, 0.15) is 37.8 Å². The Morgan fingerprint density at radius 2 is 1.91 bits per heavy atom. The van der Waals surface area contributed by atoms with E-state index in [1.165, 1.54) is 0 Å². The van der Waals surface area contributed by atoms with Crippen molar-refractivity contribution in [2.45, 2.75) is 46.6 Å². The van der Waals surface area contributed by atoms with E-state index in [-0.39, 0.29) is 29.7 Å². The molecule has 0 aliphatic heterocycles. The Hall–Kier alpha value is -1.55. The number of nitrogens with one attached hydrogen (secondary N) is 2. The molecule has 1 fully saturated rings. The number of hydrogen-bond donors (Lipinski definition) is 2. The largest absolute Gasteiger partial charge is 0.353 e. The molecule has 1 aromatic rings. The number of anilines is 1. The molecular weight excluding hydrogens is 300 g/mol. The van der Waals surface area contributed by atoms with Crippen LogP contribution in [0, 0.1) is 25.7 Å². The minimum absolute atomic E-state index is 0.0266. The molecule has 22 heavy (non-hydrogen) atoms. The van der Waals surface area contributed by atoms with Gasteiger partial charge in [0.25, 0.3) is 0 Å². The number of benzene rings is 1. The van der Waals surface area contributed by atoms with Crippen LogP contribution in [0.2, 0.25) is 5.02 Å². The van der Waals surface area contributed by atoms with Crippen LogP contribution < -0.4 is 10.6 Å². The van der Waals surface area contributed by atoms with E-state index in [2.05, 4.69) is 10.6 Å². The summed E-state index contributed by atoms with van der Waals surface area (Å²) in [6.07, 6.45) is 1.49. The van der Waals surface area contributed by atoms with Crippen molar-refractivity contribution >= 4 is 29.1 Å². The molecule has 1 aliphatic rings. The highest BCUT2D eigenvalue weighted by atomic mass is 35.5. The van der Waals surface area contributed by atoms with Crippen LogP contribution in [0.3, 0.4) is 0 Å². The number of amides is 2. The molecule has 1 aliphatic carbocycles. The lowest BCUT2D eigenvalue weighted by Crippen LogP contribution is -2.34. The second kappa shape index (κ2) is 6.69. The van der Waals surface area contributed by atoms with Gasteiger partial charge >= 0.3 is 0 Å². The molecule has 1 aromatic carbocycles. The second-order valence-electron chi connectivity index (χ2n) is 6.19. The zero-order valence-corrected chi connectivity index (χ0v) is 14.3. The van der Waals surface area contributed by atoms with E-state index in [4.69, 9.17) is 11.6 Å². The van der Waals surface area contributed by atoms with Gasteiger partial charge in [0, 0.05) is 6.04 Å². The van der Waals surface area contributed by atoms with Gasteiger partial charge in [-0.1, -0.05) is 24.6 Å². The van der Waals surface area contributed by atoms with Crippen molar-refractivity contribution in [3.05, 3.63) is 28.3 Å². The Kier molecular flexibility index (Phi) is 5.12. The van der Waals surface area contributed by atoms with E-state index in [0.29, 0.717) is 17.1 Å². The highest BCUT2D eigenvalue weighted by Crippen LogP contribution is 2.40. The Morgan fingerprint density at radius 1 is 1.27 bits per heavy atom. The van der Waals surface area contributed by atoms with E-state index in [1.807, 2.05) is 39.8 Å². The first-order chi connectivity index (χ1) is 10.3. The summed E-state index contributed by atoms with van der Waals surface area (Å²) in [5, 5.41) is 6.33. The van der Waals surface area contributed by atoms with Gasteiger partial charge in [-0.3, -0.25) is 9.59 Å². The maximum atomic E-state index is 12.3. The van der Waals surface area contributed by atoms with Gasteiger partial charge in [0.15, 0.2) is 0 Å². The third-order valence-electron chi connectivity index (χ3n) is 4.14. The first kappa shape index (κ1) is 16.8. The lowest BCUT2D eigenvalue weighted by molar-refractivity contribution is -0.125. The first-order valence-corrected chi connectivity index (χ1v) is 8.09. The standard InChI is InChI=1S/C17H23ClN2O2/c1-5-11(4)19-16(21)12-8-13(12)17(22)20-15-10(3)6-9(2)7-14(15)18/h6-7,11-13H,5,8H2,1-4H3,(H,19,21)(H,20,22). The smallest absolute Gasteiger partial charge is 0.228 e. The van der Waals surface area contributed by atoms with Crippen LogP contribution >= 0.6 is 11.6 Å². The van der Waals surface area contributed by atoms with E-state index in [9.17, 15) is 9.59 Å². The number of carbonyl (C=O) groups excluding carboxylic acids is 2. The molecule has 5 heteroatoms. The molecule has 2 rings (SSSR count). The monoisotopic (exact) mass is 322 g/mol. The summed E-state index contributed by atoms with van der Waals surface area (Å²) in [5.41, 5.74) is 2.63. The highest BCUT2D eigenvalue weighted by Gasteiger charge is 2.48. The zero-order chi connectivity index (χ0) is 16.4. The van der Waals surface area contributed by atoms with Gasteiger partial charge in [0.1, 0.15) is 0 Å². The van der Waals surface area contributed by atoms with Crippen molar-refractivity contribution in [3.63, 3.8) is 0 Å². The number of carbonyl (C=O) groups is 2. The summed E-state index contributed by atoms with van der Waals surface area (Å²) in [4.78, 5) is 24.3. The molecule has 3 atom stereocenters. The molecule has 0 bridgehead atoms. The normalized spacial score (nSPS) is 21.1. The van der Waals surface area contributed by atoms with Crippen molar-refractivity contribution in [2.24, 2.45) is 11.8 Å². The fourth-order valence-corrected chi connectivity index (χ4v) is 2.88. The Labute approximate surface area is 136 Å². The Balaban J connectivity index is 1.97. The second-order valence-corrected chi connectivity index (χ2v) is 6.60. The number of rotatable bonds is 5. The summed E-state index contributed by atoms with van der Waals surface area (Å²) >= 11 is 6.20. The minimum atomic E-state index is -0.249. The van der Waals surface area contributed by atoms with Crippen LogP contribution in [0.4, 0.5) is 5.69 Å². The lowest BCUT2D eigenvalue weighted by Gasteiger charge is -2.12. The van der Waals surface area contributed by atoms with Crippen molar-refractivity contribution in [2.75, 3.05) is 5.32 Å². The average molecular weight is 323 g/mol. The quantitative estimate of drug-likeness (QED) is 0.872. The molecular formula is C17H23ClN2O2. The summed E-state index contributed by atoms with van der Waals surface area (Å²) in [6, 6.07) is 3.94. The van der Waals surface area contributed by atoms with Crippen LogP contribution in [-0.2, 0) is 9.59 Å². The molecule has 1 saturated carbocycles. The van der Waals surface area contributed by atoms with Crippen molar-refractivity contribution in [1.82, 2.24) is 5.32 Å². The van der Waals surface area contributed by atoms with Crippen molar-refractivity contribution in [3.8, 4) is 0 Å².